The van der Waals surface area contributed by atoms with Crippen LogP contribution < -0.4 is 15.8 Å². The van der Waals surface area contributed by atoms with E-state index in [1.54, 1.807) is 30.3 Å². The largest absolute Gasteiger partial charge is 0.508 e. The lowest BCUT2D eigenvalue weighted by atomic mass is 10.0. The molecule has 8 nitrogen and oxygen atoms in total. The lowest BCUT2D eigenvalue weighted by molar-refractivity contribution is -0.142. The molecule has 2 aromatic rings. The van der Waals surface area contributed by atoms with Crippen LogP contribution in [0.3, 0.4) is 0 Å². The first-order valence-corrected chi connectivity index (χ1v) is 11.4. The highest BCUT2D eigenvalue weighted by atomic mass is 79.9. The summed E-state index contributed by atoms with van der Waals surface area (Å²) in [7, 11) is 0. The van der Waals surface area contributed by atoms with Gasteiger partial charge in [-0.2, -0.15) is 0 Å². The van der Waals surface area contributed by atoms with E-state index in [9.17, 15) is 24.6 Å². The summed E-state index contributed by atoms with van der Waals surface area (Å²) in [6.45, 7) is 3.93. The Labute approximate surface area is 202 Å². The van der Waals surface area contributed by atoms with Crippen LogP contribution in [0.5, 0.6) is 17.2 Å². The molecule has 0 aromatic heterocycles. The number of carbonyl (C=O) groups excluding carboxylic acids is 2. The molecule has 10 heteroatoms. The van der Waals surface area contributed by atoms with Crippen molar-refractivity contribution in [1.29, 1.82) is 0 Å². The van der Waals surface area contributed by atoms with E-state index in [2.05, 4.69) is 37.2 Å². The average molecular weight is 572 g/mol. The predicted molar refractivity (Wildman–Crippen MR) is 126 cm³/mol. The van der Waals surface area contributed by atoms with Crippen LogP contribution in [0.15, 0.2) is 39.3 Å². The number of aliphatic carboxylic acids is 1. The van der Waals surface area contributed by atoms with Crippen LogP contribution in [0.1, 0.15) is 43.7 Å². The number of phenols is 1. The van der Waals surface area contributed by atoms with Crippen LogP contribution in [0.2, 0.25) is 0 Å². The maximum absolute atomic E-state index is 12.3. The van der Waals surface area contributed by atoms with Crippen molar-refractivity contribution in [2.75, 3.05) is 0 Å². The molecule has 2 amide bonds. The van der Waals surface area contributed by atoms with Crippen LogP contribution in [-0.2, 0) is 20.8 Å². The Bertz CT molecular complexity index is 1000. The number of carbonyl (C=O) groups is 3. The van der Waals surface area contributed by atoms with E-state index < -0.39 is 23.8 Å². The van der Waals surface area contributed by atoms with Gasteiger partial charge in [0.1, 0.15) is 17.5 Å². The number of rotatable bonds is 10. The van der Waals surface area contributed by atoms with Gasteiger partial charge in [0, 0.05) is 12.0 Å². The molecule has 0 saturated carbocycles. The molecule has 1 atom stereocenters. The van der Waals surface area contributed by atoms with Gasteiger partial charge in [0.15, 0.2) is 5.75 Å². The number of primary amides is 1. The number of halogens is 2. The van der Waals surface area contributed by atoms with E-state index in [0.717, 1.165) is 5.56 Å². The fourth-order valence-corrected chi connectivity index (χ4v) is 4.41. The van der Waals surface area contributed by atoms with Crippen molar-refractivity contribution in [2.24, 2.45) is 5.73 Å². The third-order valence-corrected chi connectivity index (χ3v) is 5.75. The second-order valence-electron chi connectivity index (χ2n) is 7.51. The molecule has 0 fully saturated rings. The zero-order valence-electron chi connectivity index (χ0n) is 17.5. The van der Waals surface area contributed by atoms with Crippen molar-refractivity contribution < 1.29 is 29.3 Å². The number of carboxylic acids is 1. The van der Waals surface area contributed by atoms with Crippen LogP contribution in [0.25, 0.3) is 0 Å². The highest BCUT2D eigenvalue weighted by Gasteiger charge is 2.21. The molecule has 32 heavy (non-hydrogen) atoms. The molecule has 0 bridgehead atoms. The first kappa shape index (κ1) is 25.7. The van der Waals surface area contributed by atoms with Crippen molar-refractivity contribution in [3.05, 3.63) is 50.4 Å². The van der Waals surface area contributed by atoms with E-state index >= 15 is 0 Å². The molecule has 2 aromatic carbocycles. The number of aromatic hydroxyl groups is 1. The second kappa shape index (κ2) is 11.3. The first-order chi connectivity index (χ1) is 15.0. The SMILES string of the molecule is CC(C)c1cc(Oc2c(Br)cc(CC(=O)N[C@H](CCC(N)=O)C(=O)O)cc2Br)ccc1O. The summed E-state index contributed by atoms with van der Waals surface area (Å²) in [6.07, 6.45) is -0.299. The number of hydrogen-bond acceptors (Lipinski definition) is 5. The van der Waals surface area contributed by atoms with Gasteiger partial charge in [0.05, 0.1) is 15.4 Å². The summed E-state index contributed by atoms with van der Waals surface area (Å²) in [6, 6.07) is 7.18. The lowest BCUT2D eigenvalue weighted by Gasteiger charge is -2.16. The summed E-state index contributed by atoms with van der Waals surface area (Å²) in [5.41, 5.74) is 6.42. The molecular formula is C22H24Br2N2O6. The minimum Gasteiger partial charge on any atom is -0.508 e. The van der Waals surface area contributed by atoms with E-state index in [-0.39, 0.29) is 30.9 Å². The van der Waals surface area contributed by atoms with Gasteiger partial charge in [-0.05, 0) is 80.1 Å². The standard InChI is InChI=1S/C22H24Br2N2O6/c1-11(2)14-10-13(3-5-18(14)27)32-21-15(23)7-12(8-16(21)24)9-20(29)26-17(22(30)31)4-6-19(25)28/h3,5,7-8,10-11,17,27H,4,6,9H2,1-2H3,(H2,25,28)(H,26,29)(H,30,31)/t17-/m1/s1. The average Bonchev–Trinajstić information content (AvgIpc) is 2.68. The Kier molecular flexibility index (Phi) is 9.09. The van der Waals surface area contributed by atoms with Gasteiger partial charge in [0.2, 0.25) is 11.8 Å². The minimum absolute atomic E-state index is 0.0749. The van der Waals surface area contributed by atoms with E-state index in [1.807, 2.05) is 13.8 Å². The van der Waals surface area contributed by atoms with Gasteiger partial charge >= 0.3 is 5.97 Å². The van der Waals surface area contributed by atoms with Crippen molar-refractivity contribution in [3.8, 4) is 17.2 Å². The molecule has 0 aliphatic carbocycles. The molecule has 0 heterocycles. The summed E-state index contributed by atoms with van der Waals surface area (Å²) >= 11 is 6.88. The maximum atomic E-state index is 12.3. The molecule has 2 rings (SSSR count). The van der Waals surface area contributed by atoms with E-state index in [4.69, 9.17) is 10.5 Å². The number of carboxylic acid groups (broad SMARTS) is 1. The molecule has 0 radical (unpaired) electrons. The normalized spacial score (nSPS) is 11.8. The van der Waals surface area contributed by atoms with Crippen molar-refractivity contribution >= 4 is 49.6 Å². The number of benzene rings is 2. The number of amides is 2. The van der Waals surface area contributed by atoms with Gasteiger partial charge in [-0.3, -0.25) is 9.59 Å². The molecular weight excluding hydrogens is 548 g/mol. The van der Waals surface area contributed by atoms with Crippen molar-refractivity contribution in [3.63, 3.8) is 0 Å². The topological polar surface area (TPSA) is 139 Å². The number of hydrogen-bond donors (Lipinski definition) is 4. The summed E-state index contributed by atoms with van der Waals surface area (Å²) in [5.74, 6) is -1.04. The molecule has 0 saturated heterocycles. The monoisotopic (exact) mass is 570 g/mol. The molecule has 0 unspecified atom stereocenters. The van der Waals surface area contributed by atoms with Gasteiger partial charge in [-0.15, -0.1) is 0 Å². The molecule has 172 valence electrons. The molecule has 0 aliphatic rings. The minimum atomic E-state index is -1.24. The highest BCUT2D eigenvalue weighted by molar-refractivity contribution is 9.11. The van der Waals surface area contributed by atoms with Gasteiger partial charge in [0.25, 0.3) is 0 Å². The Hall–Kier alpha value is -2.59. The van der Waals surface area contributed by atoms with Crippen molar-refractivity contribution in [1.82, 2.24) is 5.32 Å². The van der Waals surface area contributed by atoms with Crippen LogP contribution in [0, 0.1) is 0 Å². The number of nitrogens with one attached hydrogen (secondary N) is 1. The third kappa shape index (κ3) is 7.23. The summed E-state index contributed by atoms with van der Waals surface area (Å²) < 4.78 is 7.13. The summed E-state index contributed by atoms with van der Waals surface area (Å²) in [5, 5.41) is 21.6. The van der Waals surface area contributed by atoms with Crippen molar-refractivity contribution in [2.45, 2.75) is 45.1 Å². The van der Waals surface area contributed by atoms with Crippen LogP contribution >= 0.6 is 31.9 Å². The number of phenolic OH excluding ortho intramolecular Hbond substituents is 1. The van der Waals surface area contributed by atoms with E-state index in [0.29, 0.717) is 26.0 Å². The Morgan fingerprint density at radius 2 is 1.75 bits per heavy atom. The smallest absolute Gasteiger partial charge is 0.326 e. The van der Waals surface area contributed by atoms with E-state index in [1.165, 1.54) is 0 Å². The molecule has 5 N–H and O–H groups in total. The highest BCUT2D eigenvalue weighted by Crippen LogP contribution is 2.39. The lowest BCUT2D eigenvalue weighted by Crippen LogP contribution is -2.42. The second-order valence-corrected chi connectivity index (χ2v) is 9.21. The zero-order valence-corrected chi connectivity index (χ0v) is 20.7. The third-order valence-electron chi connectivity index (χ3n) is 4.58. The Morgan fingerprint density at radius 3 is 2.28 bits per heavy atom. The Balaban J connectivity index is 2.13. The van der Waals surface area contributed by atoms with Gasteiger partial charge in [-0.25, -0.2) is 4.79 Å². The quantitative estimate of drug-likeness (QED) is 0.337. The number of ether oxygens (including phenoxy) is 1. The fraction of sp³-hybridized carbons (Fsp3) is 0.318. The maximum Gasteiger partial charge on any atom is 0.326 e. The van der Waals surface area contributed by atoms with Gasteiger partial charge in [-0.1, -0.05) is 13.8 Å². The molecule has 0 aliphatic heterocycles. The van der Waals surface area contributed by atoms with Crippen LogP contribution in [0.4, 0.5) is 0 Å². The first-order valence-electron chi connectivity index (χ1n) is 9.77. The number of nitrogens with two attached hydrogens (primary N) is 1. The van der Waals surface area contributed by atoms with Gasteiger partial charge < -0.3 is 26.0 Å². The van der Waals surface area contributed by atoms with Crippen LogP contribution in [-0.4, -0.2) is 34.0 Å². The fourth-order valence-electron chi connectivity index (χ4n) is 2.96. The summed E-state index contributed by atoms with van der Waals surface area (Å²) in [4.78, 5) is 34.5. The predicted octanol–water partition coefficient (Wildman–Crippen LogP) is 4.21. The molecule has 0 spiro atoms. The Morgan fingerprint density at radius 1 is 1.12 bits per heavy atom. The zero-order chi connectivity index (χ0) is 24.0.